The van der Waals surface area contributed by atoms with Gasteiger partial charge in [-0.15, -0.1) is 0 Å². The zero-order chi connectivity index (χ0) is 21.0. The Kier molecular flexibility index (Phi) is 6.04. The summed E-state index contributed by atoms with van der Waals surface area (Å²) in [6.45, 7) is 7.19. The molecule has 3 aliphatic heterocycles. The Morgan fingerprint density at radius 3 is 2.74 bits per heavy atom. The summed E-state index contributed by atoms with van der Waals surface area (Å²) >= 11 is 0. The van der Waals surface area contributed by atoms with Crippen molar-refractivity contribution in [1.29, 1.82) is 0 Å². The smallest absolute Gasteiger partial charge is 0.231 e. The van der Waals surface area contributed by atoms with Gasteiger partial charge in [0.05, 0.1) is 6.42 Å². The Morgan fingerprint density at radius 1 is 1.03 bits per heavy atom. The molecule has 7 nitrogen and oxygen atoms in total. The number of piperidine rings is 1. The van der Waals surface area contributed by atoms with E-state index in [1.165, 1.54) is 12.0 Å². The normalized spacial score (nSPS) is 21.9. The molecular weight excluding hydrogens is 392 g/mol. The Balaban J connectivity index is 1.11. The Bertz CT molecular complexity index is 899. The number of benzene rings is 1. The minimum absolute atomic E-state index is 0.221. The highest BCUT2D eigenvalue weighted by Gasteiger charge is 2.30. The molecule has 7 heteroatoms. The van der Waals surface area contributed by atoms with Crippen LogP contribution < -0.4 is 9.47 Å². The van der Waals surface area contributed by atoms with Gasteiger partial charge in [-0.2, -0.15) is 0 Å². The lowest BCUT2D eigenvalue weighted by Crippen LogP contribution is -2.55. The van der Waals surface area contributed by atoms with Crippen molar-refractivity contribution >= 4 is 5.91 Å². The predicted molar refractivity (Wildman–Crippen MR) is 117 cm³/mol. The van der Waals surface area contributed by atoms with E-state index < -0.39 is 0 Å². The maximum absolute atomic E-state index is 12.8. The predicted octanol–water partition coefficient (Wildman–Crippen LogP) is 2.16. The molecule has 1 aromatic carbocycles. The summed E-state index contributed by atoms with van der Waals surface area (Å²) in [6, 6.07) is 10.6. The first kappa shape index (κ1) is 20.3. The van der Waals surface area contributed by atoms with Crippen molar-refractivity contribution < 1.29 is 14.3 Å². The molecule has 2 fully saturated rings. The summed E-state index contributed by atoms with van der Waals surface area (Å²) in [7, 11) is 0. The number of ether oxygens (including phenoxy) is 2. The maximum atomic E-state index is 12.8. The molecule has 164 valence electrons. The standard InChI is InChI=1S/C24H30N4O3/c29-24(14-19-3-1-7-25-15-19)28-8-2-4-21(17-28)27-11-9-26(10-12-27)16-20-5-6-22-23(13-20)31-18-30-22/h1,3,5-7,13,15,21H,2,4,8-12,14,16-18H2/t21-/m1/s1. The van der Waals surface area contributed by atoms with Crippen LogP contribution >= 0.6 is 0 Å². The molecule has 5 rings (SSSR count). The fraction of sp³-hybridized carbons (Fsp3) is 0.500. The molecule has 1 atom stereocenters. The second-order valence-corrected chi connectivity index (χ2v) is 8.67. The molecule has 1 aromatic heterocycles. The van der Waals surface area contributed by atoms with Crippen molar-refractivity contribution in [3.05, 3.63) is 53.9 Å². The van der Waals surface area contributed by atoms with Crippen molar-refractivity contribution in [2.75, 3.05) is 46.1 Å². The van der Waals surface area contributed by atoms with E-state index in [1.807, 2.05) is 18.2 Å². The van der Waals surface area contributed by atoms with Gasteiger partial charge in [0, 0.05) is 64.2 Å². The van der Waals surface area contributed by atoms with E-state index in [0.717, 1.165) is 69.3 Å². The van der Waals surface area contributed by atoms with Gasteiger partial charge in [-0.25, -0.2) is 0 Å². The zero-order valence-corrected chi connectivity index (χ0v) is 17.9. The van der Waals surface area contributed by atoms with Gasteiger partial charge in [-0.05, 0) is 42.2 Å². The van der Waals surface area contributed by atoms with Gasteiger partial charge in [0.2, 0.25) is 12.7 Å². The van der Waals surface area contributed by atoms with E-state index in [2.05, 4.69) is 31.8 Å². The number of rotatable bonds is 5. The first-order valence-corrected chi connectivity index (χ1v) is 11.3. The molecule has 0 N–H and O–H groups in total. The lowest BCUT2D eigenvalue weighted by Gasteiger charge is -2.43. The van der Waals surface area contributed by atoms with Crippen molar-refractivity contribution in [3.8, 4) is 11.5 Å². The summed E-state index contributed by atoms with van der Waals surface area (Å²) in [5, 5.41) is 0. The molecule has 0 radical (unpaired) electrons. The highest BCUT2D eigenvalue weighted by molar-refractivity contribution is 5.78. The molecular formula is C24H30N4O3. The molecule has 0 unspecified atom stereocenters. The highest BCUT2D eigenvalue weighted by Crippen LogP contribution is 2.33. The fourth-order valence-corrected chi connectivity index (χ4v) is 4.85. The minimum Gasteiger partial charge on any atom is -0.454 e. The van der Waals surface area contributed by atoms with Crippen LogP contribution in [-0.2, 0) is 17.8 Å². The number of amides is 1. The third-order valence-corrected chi connectivity index (χ3v) is 6.59. The van der Waals surface area contributed by atoms with Crippen LogP contribution in [0.4, 0.5) is 0 Å². The minimum atomic E-state index is 0.221. The number of piperazine rings is 1. The fourth-order valence-electron chi connectivity index (χ4n) is 4.85. The molecule has 2 aromatic rings. The van der Waals surface area contributed by atoms with Crippen LogP contribution in [0.1, 0.15) is 24.0 Å². The third kappa shape index (κ3) is 4.83. The molecule has 0 aliphatic carbocycles. The number of likely N-dealkylation sites (tertiary alicyclic amines) is 1. The van der Waals surface area contributed by atoms with Crippen LogP contribution in [0.2, 0.25) is 0 Å². The summed E-state index contributed by atoms with van der Waals surface area (Å²) in [4.78, 5) is 24.1. The van der Waals surface area contributed by atoms with Gasteiger partial charge >= 0.3 is 0 Å². The zero-order valence-electron chi connectivity index (χ0n) is 17.9. The summed E-state index contributed by atoms with van der Waals surface area (Å²) in [5.41, 5.74) is 2.26. The largest absolute Gasteiger partial charge is 0.454 e. The Morgan fingerprint density at radius 2 is 1.90 bits per heavy atom. The van der Waals surface area contributed by atoms with Gasteiger partial charge in [0.1, 0.15) is 0 Å². The number of nitrogens with zero attached hydrogens (tertiary/aromatic N) is 4. The van der Waals surface area contributed by atoms with Gasteiger partial charge < -0.3 is 14.4 Å². The molecule has 1 amide bonds. The van der Waals surface area contributed by atoms with Crippen LogP contribution in [0.3, 0.4) is 0 Å². The second kappa shape index (κ2) is 9.24. The van der Waals surface area contributed by atoms with Gasteiger partial charge in [-0.3, -0.25) is 19.6 Å². The van der Waals surface area contributed by atoms with E-state index in [9.17, 15) is 4.79 Å². The molecule has 4 heterocycles. The lowest BCUT2D eigenvalue weighted by molar-refractivity contribution is -0.132. The molecule has 0 saturated carbocycles. The third-order valence-electron chi connectivity index (χ3n) is 6.59. The second-order valence-electron chi connectivity index (χ2n) is 8.67. The topological polar surface area (TPSA) is 58.1 Å². The average Bonchev–Trinajstić information content (AvgIpc) is 3.28. The SMILES string of the molecule is O=C(Cc1cccnc1)N1CCC[C@@H](N2CCN(Cc3ccc4c(c3)OCO4)CC2)C1. The summed E-state index contributed by atoms with van der Waals surface area (Å²) in [5.74, 6) is 1.92. The number of fused-ring (bicyclic) bond motifs is 1. The Labute approximate surface area is 183 Å². The maximum Gasteiger partial charge on any atom is 0.231 e. The average molecular weight is 423 g/mol. The van der Waals surface area contributed by atoms with E-state index in [-0.39, 0.29) is 5.91 Å². The monoisotopic (exact) mass is 422 g/mol. The van der Waals surface area contributed by atoms with Crippen LogP contribution in [0, 0.1) is 0 Å². The van der Waals surface area contributed by atoms with Crippen LogP contribution in [0.5, 0.6) is 11.5 Å². The van der Waals surface area contributed by atoms with Gasteiger partial charge in [0.15, 0.2) is 11.5 Å². The number of aromatic nitrogens is 1. The Hall–Kier alpha value is -2.64. The molecule has 0 bridgehead atoms. The first-order chi connectivity index (χ1) is 15.2. The van der Waals surface area contributed by atoms with Crippen molar-refractivity contribution in [2.24, 2.45) is 0 Å². The number of hydrogen-bond donors (Lipinski definition) is 0. The summed E-state index contributed by atoms with van der Waals surface area (Å²) < 4.78 is 10.9. The highest BCUT2D eigenvalue weighted by atomic mass is 16.7. The summed E-state index contributed by atoms with van der Waals surface area (Å²) in [6.07, 6.45) is 6.25. The number of carbonyl (C=O) groups is 1. The van der Waals surface area contributed by atoms with Crippen molar-refractivity contribution in [1.82, 2.24) is 19.7 Å². The quantitative estimate of drug-likeness (QED) is 0.736. The number of carbonyl (C=O) groups excluding carboxylic acids is 1. The number of pyridine rings is 1. The van der Waals surface area contributed by atoms with Gasteiger partial charge in [0.25, 0.3) is 0 Å². The number of hydrogen-bond acceptors (Lipinski definition) is 6. The van der Waals surface area contributed by atoms with E-state index >= 15 is 0 Å². The molecule has 0 spiro atoms. The molecule has 3 aliphatic rings. The van der Waals surface area contributed by atoms with E-state index in [4.69, 9.17) is 9.47 Å². The lowest BCUT2D eigenvalue weighted by atomic mass is 10.0. The van der Waals surface area contributed by atoms with Gasteiger partial charge in [-0.1, -0.05) is 12.1 Å². The molecule has 31 heavy (non-hydrogen) atoms. The van der Waals surface area contributed by atoms with Crippen molar-refractivity contribution in [3.63, 3.8) is 0 Å². The van der Waals surface area contributed by atoms with Crippen LogP contribution in [0.25, 0.3) is 0 Å². The first-order valence-electron chi connectivity index (χ1n) is 11.3. The van der Waals surface area contributed by atoms with E-state index in [1.54, 1.807) is 12.4 Å². The van der Waals surface area contributed by atoms with E-state index in [0.29, 0.717) is 19.3 Å². The van der Waals surface area contributed by atoms with Crippen LogP contribution in [0.15, 0.2) is 42.7 Å². The van der Waals surface area contributed by atoms with Crippen molar-refractivity contribution in [2.45, 2.75) is 31.8 Å². The van der Waals surface area contributed by atoms with Crippen LogP contribution in [-0.4, -0.2) is 77.7 Å². The molecule has 2 saturated heterocycles.